The van der Waals surface area contributed by atoms with Crippen molar-refractivity contribution in [3.63, 3.8) is 0 Å². The van der Waals surface area contributed by atoms with Gasteiger partial charge in [0.15, 0.2) is 9.84 Å². The number of rotatable bonds is 4. The summed E-state index contributed by atoms with van der Waals surface area (Å²) in [4.78, 5) is 15.7. The van der Waals surface area contributed by atoms with Crippen LogP contribution in [-0.4, -0.2) is 88.2 Å². The molecule has 2 fully saturated rings. The molecule has 2 aliphatic heterocycles. The summed E-state index contributed by atoms with van der Waals surface area (Å²) in [7, 11) is -1.29. The summed E-state index contributed by atoms with van der Waals surface area (Å²) >= 11 is 0. The van der Waals surface area contributed by atoms with Crippen molar-refractivity contribution < 1.29 is 17.9 Å². The largest absolute Gasteiger partial charge is 0.379 e. The molecule has 1 N–H and O–H groups in total. The fourth-order valence-corrected chi connectivity index (χ4v) is 4.29. The first-order valence-electron chi connectivity index (χ1n) is 6.99. The molecule has 7 nitrogen and oxygen atoms in total. The fraction of sp³-hybridized carbons (Fsp3) is 0.917. The van der Waals surface area contributed by atoms with Gasteiger partial charge in [-0.2, -0.15) is 0 Å². The van der Waals surface area contributed by atoms with Crippen LogP contribution >= 0.6 is 0 Å². The third-order valence-corrected chi connectivity index (χ3v) is 5.63. The molecule has 1 unspecified atom stereocenters. The van der Waals surface area contributed by atoms with Gasteiger partial charge in [-0.15, -0.1) is 0 Å². The van der Waals surface area contributed by atoms with E-state index < -0.39 is 9.84 Å². The number of nitrogens with zero attached hydrogens (tertiary/aromatic N) is 2. The van der Waals surface area contributed by atoms with Crippen LogP contribution in [0.1, 0.15) is 6.42 Å². The van der Waals surface area contributed by atoms with Gasteiger partial charge >= 0.3 is 6.03 Å². The Morgan fingerprint density at radius 2 is 2.10 bits per heavy atom. The van der Waals surface area contributed by atoms with Crippen LogP contribution in [0.4, 0.5) is 4.79 Å². The maximum absolute atomic E-state index is 12.0. The summed E-state index contributed by atoms with van der Waals surface area (Å²) in [5, 5.41) is 2.84. The molecule has 116 valence electrons. The van der Waals surface area contributed by atoms with Crippen molar-refractivity contribution >= 4 is 15.9 Å². The summed E-state index contributed by atoms with van der Waals surface area (Å²) in [6, 6.07) is -0.385. The normalized spacial score (nSPS) is 26.4. The fourth-order valence-electron chi connectivity index (χ4n) is 2.52. The Labute approximate surface area is 120 Å². The van der Waals surface area contributed by atoms with E-state index in [1.54, 1.807) is 7.05 Å². The lowest BCUT2D eigenvalue weighted by atomic mass is 10.2. The molecule has 2 aliphatic rings. The number of urea groups is 1. The van der Waals surface area contributed by atoms with E-state index in [-0.39, 0.29) is 23.6 Å². The molecule has 0 aromatic heterocycles. The van der Waals surface area contributed by atoms with Crippen LogP contribution in [0.5, 0.6) is 0 Å². The highest BCUT2D eigenvalue weighted by Crippen LogP contribution is 2.16. The van der Waals surface area contributed by atoms with Gasteiger partial charge in [-0.3, -0.25) is 4.90 Å². The Kier molecular flexibility index (Phi) is 5.22. The molecule has 2 rings (SSSR count). The van der Waals surface area contributed by atoms with Crippen molar-refractivity contribution in [3.05, 3.63) is 0 Å². The van der Waals surface area contributed by atoms with Gasteiger partial charge in [0.25, 0.3) is 0 Å². The van der Waals surface area contributed by atoms with E-state index in [0.717, 1.165) is 32.8 Å². The van der Waals surface area contributed by atoms with Gasteiger partial charge in [-0.1, -0.05) is 0 Å². The highest BCUT2D eigenvalue weighted by molar-refractivity contribution is 7.91. The van der Waals surface area contributed by atoms with Gasteiger partial charge in [0.05, 0.1) is 24.7 Å². The highest BCUT2D eigenvalue weighted by atomic mass is 32.2. The molecule has 20 heavy (non-hydrogen) atoms. The van der Waals surface area contributed by atoms with Crippen LogP contribution in [0.2, 0.25) is 0 Å². The van der Waals surface area contributed by atoms with Gasteiger partial charge in [0.1, 0.15) is 0 Å². The number of nitrogens with one attached hydrogen (secondary N) is 1. The Bertz CT molecular complexity index is 434. The van der Waals surface area contributed by atoms with Crippen molar-refractivity contribution in [2.45, 2.75) is 12.5 Å². The zero-order valence-electron chi connectivity index (χ0n) is 11.9. The van der Waals surface area contributed by atoms with Gasteiger partial charge in [0, 0.05) is 39.3 Å². The quantitative estimate of drug-likeness (QED) is 0.732. The molecule has 0 aliphatic carbocycles. The Balaban J connectivity index is 1.69. The maximum Gasteiger partial charge on any atom is 0.317 e. The Morgan fingerprint density at radius 3 is 2.70 bits per heavy atom. The lowest BCUT2D eigenvalue weighted by Crippen LogP contribution is -2.47. The topological polar surface area (TPSA) is 79.0 Å². The zero-order valence-corrected chi connectivity index (χ0v) is 12.7. The van der Waals surface area contributed by atoms with E-state index >= 15 is 0 Å². The highest BCUT2D eigenvalue weighted by Gasteiger charge is 2.32. The summed E-state index contributed by atoms with van der Waals surface area (Å²) < 4.78 is 28.1. The Morgan fingerprint density at radius 1 is 1.40 bits per heavy atom. The number of ether oxygens (including phenoxy) is 1. The molecular formula is C12H23N3O4S. The molecule has 0 aromatic rings. The van der Waals surface area contributed by atoms with Crippen LogP contribution in [0, 0.1) is 0 Å². The standard InChI is InChI=1S/C12H23N3O4S/c1-14(11-2-9-20(17,18)10-11)12(16)13-3-4-15-5-7-19-8-6-15/h11H,2-10H2,1H3,(H,13,16). The van der Waals surface area contributed by atoms with Crippen LogP contribution in [0.15, 0.2) is 0 Å². The average Bonchev–Trinajstić information content (AvgIpc) is 2.79. The molecule has 0 spiro atoms. The number of morpholine rings is 1. The van der Waals surface area contributed by atoms with Crippen LogP contribution in [0.25, 0.3) is 0 Å². The lowest BCUT2D eigenvalue weighted by molar-refractivity contribution is 0.0386. The molecule has 8 heteroatoms. The van der Waals surface area contributed by atoms with Crippen LogP contribution in [0.3, 0.4) is 0 Å². The minimum atomic E-state index is -2.96. The SMILES string of the molecule is CN(C(=O)NCCN1CCOCC1)C1CCS(=O)(=O)C1. The lowest BCUT2D eigenvalue weighted by Gasteiger charge is -2.28. The van der Waals surface area contributed by atoms with Crippen molar-refractivity contribution in [3.8, 4) is 0 Å². The number of sulfone groups is 1. The van der Waals surface area contributed by atoms with E-state index in [0.29, 0.717) is 13.0 Å². The van der Waals surface area contributed by atoms with E-state index in [1.807, 2.05) is 0 Å². The first-order valence-corrected chi connectivity index (χ1v) is 8.81. The average molecular weight is 305 g/mol. The van der Waals surface area contributed by atoms with Crippen molar-refractivity contribution in [2.75, 3.05) is 57.9 Å². The molecule has 2 amide bonds. The number of hydrogen-bond donors (Lipinski definition) is 1. The second kappa shape index (κ2) is 6.73. The molecule has 1 atom stereocenters. The van der Waals surface area contributed by atoms with Crippen LogP contribution in [-0.2, 0) is 14.6 Å². The Hall–Kier alpha value is -0.860. The molecule has 0 saturated carbocycles. The number of carbonyl (C=O) groups is 1. The first kappa shape index (κ1) is 15.5. The van der Waals surface area contributed by atoms with Gasteiger partial charge in [-0.05, 0) is 6.42 Å². The zero-order chi connectivity index (χ0) is 14.6. The van der Waals surface area contributed by atoms with E-state index in [9.17, 15) is 13.2 Å². The third-order valence-electron chi connectivity index (χ3n) is 3.88. The van der Waals surface area contributed by atoms with E-state index in [4.69, 9.17) is 4.74 Å². The second-order valence-corrected chi connectivity index (χ2v) is 7.58. The van der Waals surface area contributed by atoms with E-state index in [2.05, 4.69) is 10.2 Å². The minimum absolute atomic E-state index is 0.0837. The second-order valence-electron chi connectivity index (χ2n) is 5.35. The maximum atomic E-state index is 12.0. The predicted octanol–water partition coefficient (Wildman–Crippen LogP) is -0.853. The molecule has 2 saturated heterocycles. The van der Waals surface area contributed by atoms with Crippen molar-refractivity contribution in [1.29, 1.82) is 0 Å². The smallest absolute Gasteiger partial charge is 0.317 e. The van der Waals surface area contributed by atoms with Gasteiger partial charge in [-0.25, -0.2) is 13.2 Å². The molecule has 0 aromatic carbocycles. The summed E-state index contributed by atoms with van der Waals surface area (Å²) in [5.74, 6) is 0.267. The number of carbonyl (C=O) groups excluding carboxylic acids is 1. The van der Waals surface area contributed by atoms with Crippen molar-refractivity contribution in [2.24, 2.45) is 0 Å². The third kappa shape index (κ3) is 4.32. The van der Waals surface area contributed by atoms with Gasteiger partial charge < -0.3 is 15.0 Å². The van der Waals surface area contributed by atoms with Crippen LogP contribution < -0.4 is 5.32 Å². The monoisotopic (exact) mass is 305 g/mol. The molecule has 0 bridgehead atoms. The first-order chi connectivity index (χ1) is 9.48. The van der Waals surface area contributed by atoms with Gasteiger partial charge in [0.2, 0.25) is 0 Å². The predicted molar refractivity (Wildman–Crippen MR) is 75.5 cm³/mol. The number of amides is 2. The molecule has 0 radical (unpaired) electrons. The number of hydrogen-bond acceptors (Lipinski definition) is 5. The summed E-state index contributed by atoms with van der Waals surface area (Å²) in [6.07, 6.45) is 0.537. The van der Waals surface area contributed by atoms with E-state index in [1.165, 1.54) is 4.90 Å². The summed E-state index contributed by atoms with van der Waals surface area (Å²) in [5.41, 5.74) is 0. The minimum Gasteiger partial charge on any atom is -0.379 e. The van der Waals surface area contributed by atoms with Crippen molar-refractivity contribution in [1.82, 2.24) is 15.1 Å². The molecule has 2 heterocycles. The summed E-state index contributed by atoms with van der Waals surface area (Å²) in [6.45, 7) is 4.65. The molecular weight excluding hydrogens is 282 g/mol.